The van der Waals surface area contributed by atoms with Crippen LogP contribution in [0.25, 0.3) is 0 Å². The van der Waals surface area contributed by atoms with E-state index in [1.165, 1.54) is 12.1 Å². The first-order chi connectivity index (χ1) is 9.99. The second kappa shape index (κ2) is 8.59. The third-order valence-electron chi connectivity index (χ3n) is 2.93. The van der Waals surface area contributed by atoms with Crippen LogP contribution in [0.3, 0.4) is 0 Å². The van der Waals surface area contributed by atoms with Crippen molar-refractivity contribution in [2.75, 3.05) is 13.2 Å². The number of amides is 2. The van der Waals surface area contributed by atoms with E-state index in [0.29, 0.717) is 12.8 Å². The molecular weight excluding hydrogens is 299 g/mol. The lowest BCUT2D eigenvalue weighted by Crippen LogP contribution is -2.42. The van der Waals surface area contributed by atoms with Gasteiger partial charge in [-0.05, 0) is 25.0 Å². The van der Waals surface area contributed by atoms with Gasteiger partial charge in [0.1, 0.15) is 5.82 Å². The number of hydrogen-bond acceptors (Lipinski definition) is 3. The van der Waals surface area contributed by atoms with Crippen molar-refractivity contribution in [1.82, 2.24) is 10.6 Å². The van der Waals surface area contributed by atoms with Gasteiger partial charge in [0.05, 0.1) is 17.1 Å². The van der Waals surface area contributed by atoms with Crippen molar-refractivity contribution < 1.29 is 19.1 Å². The maximum atomic E-state index is 13.5. The Morgan fingerprint density at radius 3 is 2.71 bits per heavy atom. The highest BCUT2D eigenvalue weighted by molar-refractivity contribution is 6.33. The zero-order valence-electron chi connectivity index (χ0n) is 11.7. The van der Waals surface area contributed by atoms with Crippen LogP contribution in [0.2, 0.25) is 5.02 Å². The number of benzene rings is 1. The van der Waals surface area contributed by atoms with E-state index >= 15 is 0 Å². The summed E-state index contributed by atoms with van der Waals surface area (Å²) in [6.07, 6.45) is 1.11. The Hall–Kier alpha value is -1.66. The Morgan fingerprint density at radius 2 is 2.14 bits per heavy atom. The molecule has 21 heavy (non-hydrogen) atoms. The van der Waals surface area contributed by atoms with E-state index < -0.39 is 17.6 Å². The zero-order valence-corrected chi connectivity index (χ0v) is 12.4. The number of aliphatic hydroxyl groups excluding tert-OH is 1. The number of nitrogens with one attached hydrogen (secondary N) is 2. The van der Waals surface area contributed by atoms with Crippen molar-refractivity contribution in [3.8, 4) is 0 Å². The van der Waals surface area contributed by atoms with Crippen LogP contribution in [0, 0.1) is 5.82 Å². The SMILES string of the molecule is CCC(CCO)NC(=O)CNC(=O)c1c(F)cccc1Cl. The molecule has 0 bridgehead atoms. The molecule has 1 rings (SSSR count). The quantitative estimate of drug-likeness (QED) is 0.713. The molecule has 1 unspecified atom stereocenters. The normalized spacial score (nSPS) is 11.8. The minimum absolute atomic E-state index is 0.0142. The van der Waals surface area contributed by atoms with Crippen LogP contribution in [0.15, 0.2) is 18.2 Å². The largest absolute Gasteiger partial charge is 0.396 e. The molecule has 1 aromatic rings. The summed E-state index contributed by atoms with van der Waals surface area (Å²) in [4.78, 5) is 23.5. The van der Waals surface area contributed by atoms with Gasteiger partial charge < -0.3 is 15.7 Å². The van der Waals surface area contributed by atoms with Crippen LogP contribution in [0.1, 0.15) is 30.1 Å². The summed E-state index contributed by atoms with van der Waals surface area (Å²) in [6, 6.07) is 3.75. The van der Waals surface area contributed by atoms with E-state index in [1.54, 1.807) is 0 Å². The van der Waals surface area contributed by atoms with Gasteiger partial charge in [-0.2, -0.15) is 0 Å². The Kier molecular flexibility index (Phi) is 7.11. The third-order valence-corrected chi connectivity index (χ3v) is 3.25. The Labute approximate surface area is 127 Å². The molecule has 0 radical (unpaired) electrons. The lowest BCUT2D eigenvalue weighted by Gasteiger charge is -2.16. The molecule has 0 aliphatic heterocycles. The maximum Gasteiger partial charge on any atom is 0.256 e. The van der Waals surface area contributed by atoms with Gasteiger partial charge in [-0.25, -0.2) is 4.39 Å². The van der Waals surface area contributed by atoms with Crippen LogP contribution in [0.4, 0.5) is 4.39 Å². The fraction of sp³-hybridized carbons (Fsp3) is 0.429. The molecule has 0 saturated heterocycles. The minimum atomic E-state index is -0.747. The number of carbonyl (C=O) groups is 2. The van der Waals surface area contributed by atoms with Crippen molar-refractivity contribution in [1.29, 1.82) is 0 Å². The van der Waals surface area contributed by atoms with Gasteiger partial charge in [-0.1, -0.05) is 24.6 Å². The second-order valence-electron chi connectivity index (χ2n) is 4.46. The fourth-order valence-corrected chi connectivity index (χ4v) is 2.03. The van der Waals surface area contributed by atoms with Crippen molar-refractivity contribution >= 4 is 23.4 Å². The van der Waals surface area contributed by atoms with Crippen molar-refractivity contribution in [2.45, 2.75) is 25.8 Å². The topological polar surface area (TPSA) is 78.4 Å². The molecule has 1 aromatic carbocycles. The first-order valence-corrected chi connectivity index (χ1v) is 6.99. The van der Waals surface area contributed by atoms with Crippen LogP contribution in [-0.2, 0) is 4.79 Å². The highest BCUT2D eigenvalue weighted by atomic mass is 35.5. The first kappa shape index (κ1) is 17.4. The molecule has 7 heteroatoms. The summed E-state index contributed by atoms with van der Waals surface area (Å²) in [6.45, 7) is 1.56. The molecule has 5 nitrogen and oxygen atoms in total. The first-order valence-electron chi connectivity index (χ1n) is 6.62. The minimum Gasteiger partial charge on any atom is -0.396 e. The van der Waals surface area contributed by atoms with Crippen molar-refractivity contribution in [3.63, 3.8) is 0 Å². The molecule has 0 saturated carbocycles. The molecule has 3 N–H and O–H groups in total. The third kappa shape index (κ3) is 5.32. The van der Waals surface area contributed by atoms with Gasteiger partial charge in [0.25, 0.3) is 5.91 Å². The van der Waals surface area contributed by atoms with E-state index in [9.17, 15) is 14.0 Å². The second-order valence-corrected chi connectivity index (χ2v) is 4.87. The highest BCUT2D eigenvalue weighted by Crippen LogP contribution is 2.18. The maximum absolute atomic E-state index is 13.5. The summed E-state index contributed by atoms with van der Waals surface area (Å²) < 4.78 is 13.5. The predicted octanol–water partition coefficient (Wildman–Crippen LogP) is 1.49. The van der Waals surface area contributed by atoms with Crippen LogP contribution < -0.4 is 10.6 Å². The lowest BCUT2D eigenvalue weighted by atomic mass is 10.1. The van der Waals surface area contributed by atoms with Gasteiger partial charge in [-0.15, -0.1) is 0 Å². The van der Waals surface area contributed by atoms with E-state index in [2.05, 4.69) is 10.6 Å². The van der Waals surface area contributed by atoms with Gasteiger partial charge in [0.2, 0.25) is 5.91 Å². The van der Waals surface area contributed by atoms with Gasteiger partial charge in [-0.3, -0.25) is 9.59 Å². The molecule has 116 valence electrons. The molecule has 1 atom stereocenters. The van der Waals surface area contributed by atoms with E-state index in [-0.39, 0.29) is 29.8 Å². The summed E-state index contributed by atoms with van der Waals surface area (Å²) in [5.74, 6) is -1.90. The van der Waals surface area contributed by atoms with E-state index in [0.717, 1.165) is 6.07 Å². The van der Waals surface area contributed by atoms with Gasteiger partial charge >= 0.3 is 0 Å². The Balaban J connectivity index is 2.55. The highest BCUT2D eigenvalue weighted by Gasteiger charge is 2.17. The average Bonchev–Trinajstić information content (AvgIpc) is 2.44. The molecule has 0 fully saturated rings. The Morgan fingerprint density at radius 1 is 1.43 bits per heavy atom. The number of aliphatic hydroxyl groups is 1. The number of carbonyl (C=O) groups excluding carboxylic acids is 2. The zero-order chi connectivity index (χ0) is 15.8. The smallest absolute Gasteiger partial charge is 0.256 e. The standard InChI is InChI=1S/C14H18ClFN2O3/c1-2-9(6-7-19)18-12(20)8-17-14(21)13-10(15)4-3-5-11(13)16/h3-5,9,19H,2,6-8H2,1H3,(H,17,21)(H,18,20). The molecule has 0 aliphatic carbocycles. The van der Waals surface area contributed by atoms with E-state index in [4.69, 9.17) is 16.7 Å². The predicted molar refractivity (Wildman–Crippen MR) is 77.7 cm³/mol. The molecule has 0 aromatic heterocycles. The Bertz CT molecular complexity index is 491. The number of hydrogen-bond donors (Lipinski definition) is 3. The van der Waals surface area contributed by atoms with Crippen LogP contribution >= 0.6 is 11.6 Å². The van der Waals surface area contributed by atoms with Crippen LogP contribution in [0.5, 0.6) is 0 Å². The molecule has 0 heterocycles. The molecule has 2 amide bonds. The lowest BCUT2D eigenvalue weighted by molar-refractivity contribution is -0.120. The molecule has 0 aliphatic rings. The number of halogens is 2. The molecular formula is C14H18ClFN2O3. The van der Waals surface area contributed by atoms with Crippen molar-refractivity contribution in [2.24, 2.45) is 0 Å². The summed E-state index contributed by atoms with van der Waals surface area (Å²) in [7, 11) is 0. The summed E-state index contributed by atoms with van der Waals surface area (Å²) in [5, 5.41) is 13.8. The average molecular weight is 317 g/mol. The van der Waals surface area contributed by atoms with Crippen LogP contribution in [-0.4, -0.2) is 36.1 Å². The van der Waals surface area contributed by atoms with Gasteiger partial charge in [0, 0.05) is 12.6 Å². The summed E-state index contributed by atoms with van der Waals surface area (Å²) >= 11 is 5.76. The fourth-order valence-electron chi connectivity index (χ4n) is 1.78. The summed E-state index contributed by atoms with van der Waals surface area (Å²) in [5.41, 5.74) is -0.283. The molecule has 0 spiro atoms. The number of rotatable bonds is 7. The van der Waals surface area contributed by atoms with Gasteiger partial charge in [0.15, 0.2) is 0 Å². The van der Waals surface area contributed by atoms with Crippen molar-refractivity contribution in [3.05, 3.63) is 34.6 Å². The van der Waals surface area contributed by atoms with E-state index in [1.807, 2.05) is 6.92 Å². The monoisotopic (exact) mass is 316 g/mol.